The second-order valence-electron chi connectivity index (χ2n) is 6.00. The molecule has 0 aliphatic heterocycles. The molecule has 2 unspecified atom stereocenters. The predicted molar refractivity (Wildman–Crippen MR) is 96.3 cm³/mol. The van der Waals surface area contributed by atoms with E-state index in [0.29, 0.717) is 11.0 Å². The van der Waals surface area contributed by atoms with Crippen molar-refractivity contribution in [1.29, 1.82) is 0 Å². The molecule has 1 aromatic carbocycles. The van der Waals surface area contributed by atoms with Gasteiger partial charge in [-0.2, -0.15) is 0 Å². The maximum Gasteiger partial charge on any atom is 0.277 e. The molecule has 2 atom stereocenters. The van der Waals surface area contributed by atoms with Crippen molar-refractivity contribution >= 4 is 27.5 Å². The van der Waals surface area contributed by atoms with Gasteiger partial charge in [-0.05, 0) is 38.2 Å². The average Bonchev–Trinajstić information content (AvgIpc) is 3.20. The van der Waals surface area contributed by atoms with Gasteiger partial charge < -0.3 is 15.2 Å². The molecule has 0 saturated carbocycles. The Bertz CT molecular complexity index is 840. The summed E-state index contributed by atoms with van der Waals surface area (Å²) in [6.07, 6.45) is 6.64. The Morgan fingerprint density at radius 3 is 2.79 bits per heavy atom. The van der Waals surface area contributed by atoms with E-state index in [2.05, 4.69) is 52.6 Å². The zero-order valence-electron chi connectivity index (χ0n) is 14.0. The van der Waals surface area contributed by atoms with E-state index < -0.39 is 5.91 Å². The van der Waals surface area contributed by atoms with Crippen LogP contribution in [0.1, 0.15) is 34.8 Å². The third-order valence-corrected chi connectivity index (χ3v) is 5.29. The van der Waals surface area contributed by atoms with Gasteiger partial charge in [0.25, 0.3) is 5.91 Å². The lowest BCUT2D eigenvalue weighted by Crippen LogP contribution is -2.36. The molecule has 0 radical (unpaired) electrons. The third kappa shape index (κ3) is 3.05. The van der Waals surface area contributed by atoms with Crippen LogP contribution in [-0.4, -0.2) is 45.5 Å². The minimum absolute atomic E-state index is 0.135. The SMILES string of the molecule is CCC(C(c1ccc2nc(C(N)=O)sc2c1)n1ccnc1)N(C)C. The normalized spacial score (nSPS) is 14.2. The smallest absolute Gasteiger partial charge is 0.277 e. The largest absolute Gasteiger partial charge is 0.364 e. The number of carbonyl (C=O) groups is 1. The van der Waals surface area contributed by atoms with Crippen LogP contribution < -0.4 is 5.73 Å². The highest BCUT2D eigenvalue weighted by Gasteiger charge is 2.25. The minimum atomic E-state index is -0.483. The van der Waals surface area contributed by atoms with E-state index in [9.17, 15) is 4.79 Å². The van der Waals surface area contributed by atoms with Crippen molar-refractivity contribution in [1.82, 2.24) is 19.4 Å². The van der Waals surface area contributed by atoms with Gasteiger partial charge in [0, 0.05) is 18.4 Å². The molecule has 2 heterocycles. The number of primary amides is 1. The Morgan fingerprint density at radius 2 is 2.21 bits per heavy atom. The van der Waals surface area contributed by atoms with Crippen molar-refractivity contribution in [2.75, 3.05) is 14.1 Å². The average molecular weight is 343 g/mol. The molecule has 24 heavy (non-hydrogen) atoms. The fourth-order valence-electron chi connectivity index (χ4n) is 3.13. The van der Waals surface area contributed by atoms with E-state index in [0.717, 1.165) is 16.6 Å². The summed E-state index contributed by atoms with van der Waals surface area (Å²) in [5.41, 5.74) is 7.32. The number of thiazole rings is 1. The Morgan fingerprint density at radius 1 is 1.42 bits per heavy atom. The minimum Gasteiger partial charge on any atom is -0.364 e. The molecule has 0 saturated heterocycles. The van der Waals surface area contributed by atoms with Gasteiger partial charge in [0.2, 0.25) is 0 Å². The second-order valence-corrected chi connectivity index (χ2v) is 7.04. The van der Waals surface area contributed by atoms with Gasteiger partial charge in [-0.15, -0.1) is 11.3 Å². The van der Waals surface area contributed by atoms with Crippen LogP contribution in [0.3, 0.4) is 0 Å². The number of imidazole rings is 1. The quantitative estimate of drug-likeness (QED) is 0.746. The van der Waals surface area contributed by atoms with E-state index >= 15 is 0 Å². The molecule has 0 aliphatic rings. The summed E-state index contributed by atoms with van der Waals surface area (Å²) in [7, 11) is 4.18. The molecule has 0 aliphatic carbocycles. The molecule has 3 rings (SSSR count). The monoisotopic (exact) mass is 343 g/mol. The van der Waals surface area contributed by atoms with Crippen molar-refractivity contribution < 1.29 is 4.79 Å². The van der Waals surface area contributed by atoms with Crippen LogP contribution in [0.5, 0.6) is 0 Å². The van der Waals surface area contributed by atoms with E-state index in [1.54, 1.807) is 6.20 Å². The number of nitrogens with two attached hydrogens (primary N) is 1. The first kappa shape index (κ1) is 16.6. The zero-order chi connectivity index (χ0) is 17.3. The van der Waals surface area contributed by atoms with Gasteiger partial charge >= 0.3 is 0 Å². The topological polar surface area (TPSA) is 77.0 Å². The number of hydrogen-bond acceptors (Lipinski definition) is 5. The number of carbonyl (C=O) groups excluding carboxylic acids is 1. The first-order valence-electron chi connectivity index (χ1n) is 7.85. The summed E-state index contributed by atoms with van der Waals surface area (Å²) >= 11 is 1.34. The molecule has 3 aromatic rings. The van der Waals surface area contributed by atoms with Gasteiger partial charge in [0.15, 0.2) is 5.01 Å². The number of amides is 1. The molecule has 126 valence electrons. The molecule has 6 nitrogen and oxygen atoms in total. The summed E-state index contributed by atoms with van der Waals surface area (Å²) in [6.45, 7) is 2.19. The van der Waals surface area contributed by atoms with Crippen molar-refractivity contribution in [2.24, 2.45) is 5.73 Å². The molecule has 2 aromatic heterocycles. The van der Waals surface area contributed by atoms with E-state index in [1.807, 2.05) is 18.6 Å². The lowest BCUT2D eigenvalue weighted by atomic mass is 9.96. The first-order valence-corrected chi connectivity index (χ1v) is 8.67. The lowest BCUT2D eigenvalue weighted by molar-refractivity contribution is 0.1000. The Balaban J connectivity index is 2.10. The number of aromatic nitrogens is 3. The molecule has 7 heteroatoms. The molecular weight excluding hydrogens is 322 g/mol. The highest BCUT2D eigenvalue weighted by molar-refractivity contribution is 7.20. The van der Waals surface area contributed by atoms with Crippen LogP contribution >= 0.6 is 11.3 Å². The van der Waals surface area contributed by atoms with Gasteiger partial charge in [-0.1, -0.05) is 13.0 Å². The first-order chi connectivity index (χ1) is 11.5. The Hall–Kier alpha value is -2.25. The summed E-state index contributed by atoms with van der Waals surface area (Å²) in [5.74, 6) is -0.483. The third-order valence-electron chi connectivity index (χ3n) is 4.26. The second kappa shape index (κ2) is 6.70. The standard InChI is InChI=1S/C17H21N5OS/c1-4-13(21(2)3)15(22-8-7-19-10-22)11-5-6-12-14(9-11)24-17(20-12)16(18)23/h5-10,13,15H,4H2,1-3H3,(H2,18,23). The number of nitrogens with zero attached hydrogens (tertiary/aromatic N) is 4. The fraction of sp³-hybridized carbons (Fsp3) is 0.353. The summed E-state index contributed by atoms with van der Waals surface area (Å²) < 4.78 is 3.10. The molecule has 2 N–H and O–H groups in total. The van der Waals surface area contributed by atoms with Crippen molar-refractivity contribution in [3.63, 3.8) is 0 Å². The van der Waals surface area contributed by atoms with Gasteiger partial charge in [-0.3, -0.25) is 4.79 Å². The maximum absolute atomic E-state index is 11.4. The maximum atomic E-state index is 11.4. The zero-order valence-corrected chi connectivity index (χ0v) is 14.8. The van der Waals surface area contributed by atoms with Gasteiger partial charge in [-0.25, -0.2) is 9.97 Å². The van der Waals surface area contributed by atoms with Crippen molar-refractivity contribution in [3.05, 3.63) is 47.5 Å². The Kier molecular flexibility index (Phi) is 4.64. The van der Waals surface area contributed by atoms with Crippen LogP contribution in [0.25, 0.3) is 10.2 Å². The van der Waals surface area contributed by atoms with E-state index in [1.165, 1.54) is 16.9 Å². The predicted octanol–water partition coefficient (Wildman–Crippen LogP) is 2.52. The van der Waals surface area contributed by atoms with Crippen LogP contribution in [0.2, 0.25) is 0 Å². The highest BCUT2D eigenvalue weighted by atomic mass is 32.1. The summed E-state index contributed by atoms with van der Waals surface area (Å²) in [6, 6.07) is 6.59. The number of rotatable bonds is 6. The van der Waals surface area contributed by atoms with Crippen molar-refractivity contribution in [2.45, 2.75) is 25.4 Å². The fourth-order valence-corrected chi connectivity index (χ4v) is 3.99. The number of fused-ring (bicyclic) bond motifs is 1. The van der Waals surface area contributed by atoms with Crippen LogP contribution in [-0.2, 0) is 0 Å². The van der Waals surface area contributed by atoms with Crippen LogP contribution in [0, 0.1) is 0 Å². The molecule has 0 spiro atoms. The van der Waals surface area contributed by atoms with Gasteiger partial charge in [0.1, 0.15) is 0 Å². The van der Waals surface area contributed by atoms with E-state index in [4.69, 9.17) is 5.73 Å². The number of hydrogen-bond donors (Lipinski definition) is 1. The van der Waals surface area contributed by atoms with Crippen LogP contribution in [0.4, 0.5) is 0 Å². The molecule has 1 amide bonds. The van der Waals surface area contributed by atoms with Crippen molar-refractivity contribution in [3.8, 4) is 0 Å². The summed E-state index contributed by atoms with van der Waals surface area (Å²) in [5, 5.41) is 0.348. The summed E-state index contributed by atoms with van der Waals surface area (Å²) in [4.78, 5) is 22.1. The van der Waals surface area contributed by atoms with Crippen LogP contribution in [0.15, 0.2) is 36.9 Å². The molecular formula is C17H21N5OS. The highest BCUT2D eigenvalue weighted by Crippen LogP contribution is 2.31. The molecule has 0 bridgehead atoms. The number of likely N-dealkylation sites (N-methyl/N-ethyl adjacent to an activating group) is 1. The Labute approximate surface area is 144 Å². The lowest BCUT2D eigenvalue weighted by Gasteiger charge is -2.33. The number of benzene rings is 1. The van der Waals surface area contributed by atoms with E-state index in [-0.39, 0.29) is 6.04 Å². The molecule has 0 fully saturated rings. The van der Waals surface area contributed by atoms with Gasteiger partial charge in [0.05, 0.1) is 22.6 Å².